The van der Waals surface area contributed by atoms with E-state index in [1.54, 1.807) is 22.4 Å². The highest BCUT2D eigenvalue weighted by atomic mass is 32.1. The summed E-state index contributed by atoms with van der Waals surface area (Å²) in [6.45, 7) is 9.75. The first kappa shape index (κ1) is 23.7. The van der Waals surface area contributed by atoms with Gasteiger partial charge in [0.1, 0.15) is 0 Å². The van der Waals surface area contributed by atoms with Crippen molar-refractivity contribution in [1.29, 1.82) is 0 Å². The molecule has 1 aliphatic heterocycles. The summed E-state index contributed by atoms with van der Waals surface area (Å²) < 4.78 is 9.00. The first-order valence-electron chi connectivity index (χ1n) is 11.2. The second-order valence-electron chi connectivity index (χ2n) is 8.15. The van der Waals surface area contributed by atoms with Crippen LogP contribution >= 0.6 is 11.3 Å². The zero-order valence-electron chi connectivity index (χ0n) is 20.3. The number of nitrogens with zero attached hydrogens (tertiary/aromatic N) is 5. The van der Waals surface area contributed by atoms with Gasteiger partial charge in [-0.3, -0.25) is 14.0 Å². The number of esters is 1. The van der Waals surface area contributed by atoms with Gasteiger partial charge in [-0.2, -0.15) is 5.10 Å². The van der Waals surface area contributed by atoms with E-state index in [4.69, 9.17) is 4.74 Å². The number of aromatic nitrogens is 3. The molecule has 1 atom stereocenters. The number of ether oxygens (including phenoxy) is 1. The van der Waals surface area contributed by atoms with Crippen molar-refractivity contribution in [3.63, 3.8) is 0 Å². The summed E-state index contributed by atoms with van der Waals surface area (Å²) in [5, 5.41) is 4.27. The smallest absolute Gasteiger partial charge is 0.338 e. The van der Waals surface area contributed by atoms with E-state index in [1.807, 2.05) is 44.3 Å². The van der Waals surface area contributed by atoms with Gasteiger partial charge in [0.15, 0.2) is 4.80 Å². The first-order chi connectivity index (χ1) is 16.3. The number of anilines is 1. The maximum atomic E-state index is 13.6. The van der Waals surface area contributed by atoms with Crippen molar-refractivity contribution in [2.75, 3.05) is 25.1 Å². The van der Waals surface area contributed by atoms with Crippen molar-refractivity contribution >= 4 is 29.1 Å². The molecule has 0 N–H and O–H groups in total. The van der Waals surface area contributed by atoms with Gasteiger partial charge in [0.05, 0.1) is 35.2 Å². The Hall–Kier alpha value is -3.46. The molecule has 9 heteroatoms. The lowest BCUT2D eigenvalue weighted by Gasteiger charge is -2.26. The van der Waals surface area contributed by atoms with Gasteiger partial charge in [-0.1, -0.05) is 23.5 Å². The van der Waals surface area contributed by atoms with Crippen molar-refractivity contribution < 1.29 is 9.53 Å². The summed E-state index contributed by atoms with van der Waals surface area (Å²) in [5.74, 6) is -0.489. The molecule has 1 aromatic carbocycles. The molecule has 0 amide bonds. The maximum absolute atomic E-state index is 13.6. The molecule has 2 aromatic heterocycles. The summed E-state index contributed by atoms with van der Waals surface area (Å²) in [7, 11) is 3.21. The quantitative estimate of drug-likeness (QED) is 0.507. The van der Waals surface area contributed by atoms with Crippen LogP contribution in [0, 0.1) is 6.92 Å². The van der Waals surface area contributed by atoms with Crippen LogP contribution in [0.15, 0.2) is 51.5 Å². The molecule has 34 heavy (non-hydrogen) atoms. The van der Waals surface area contributed by atoms with Crippen LogP contribution in [-0.2, 0) is 16.6 Å². The molecule has 0 aliphatic carbocycles. The molecule has 0 spiro atoms. The molecular weight excluding hydrogens is 450 g/mol. The zero-order chi connectivity index (χ0) is 24.6. The van der Waals surface area contributed by atoms with Gasteiger partial charge in [-0.15, -0.1) is 0 Å². The molecule has 3 heterocycles. The second kappa shape index (κ2) is 9.42. The van der Waals surface area contributed by atoms with E-state index in [0.29, 0.717) is 20.6 Å². The Morgan fingerprint density at radius 2 is 1.88 bits per heavy atom. The van der Waals surface area contributed by atoms with E-state index in [-0.39, 0.29) is 5.56 Å². The van der Waals surface area contributed by atoms with Crippen LogP contribution in [0.1, 0.15) is 43.6 Å². The third kappa shape index (κ3) is 4.00. The van der Waals surface area contributed by atoms with E-state index < -0.39 is 12.0 Å². The van der Waals surface area contributed by atoms with Gasteiger partial charge in [-0.05, 0) is 51.5 Å². The molecule has 3 aromatic rings. The SMILES string of the molecule is CCN(CC)c1ccc(C2C(C(=O)OC)=C(C)N=c3sc(=Cc4cnn(C)c4C)c(=O)n32)cc1. The maximum Gasteiger partial charge on any atom is 0.338 e. The molecule has 4 rings (SSSR count). The first-order valence-corrected chi connectivity index (χ1v) is 12.1. The van der Waals surface area contributed by atoms with Crippen molar-refractivity contribution in [3.8, 4) is 0 Å². The summed E-state index contributed by atoms with van der Waals surface area (Å²) in [4.78, 5) is 33.8. The van der Waals surface area contributed by atoms with Crippen molar-refractivity contribution in [2.24, 2.45) is 12.0 Å². The number of carbonyl (C=O) groups excluding carboxylic acids is 1. The Balaban J connectivity index is 1.92. The number of carbonyl (C=O) groups is 1. The number of hydrogen-bond donors (Lipinski definition) is 0. The van der Waals surface area contributed by atoms with Gasteiger partial charge in [-0.25, -0.2) is 9.79 Å². The van der Waals surface area contributed by atoms with E-state index in [2.05, 4.69) is 28.8 Å². The van der Waals surface area contributed by atoms with Crippen molar-refractivity contribution in [2.45, 2.75) is 33.7 Å². The highest BCUT2D eigenvalue weighted by Gasteiger charge is 2.33. The Morgan fingerprint density at radius 3 is 2.44 bits per heavy atom. The molecule has 1 unspecified atom stereocenters. The second-order valence-corrected chi connectivity index (χ2v) is 9.16. The predicted octanol–water partition coefficient (Wildman–Crippen LogP) is 2.30. The van der Waals surface area contributed by atoms with Crippen LogP contribution in [0.25, 0.3) is 6.08 Å². The fraction of sp³-hybridized carbons (Fsp3) is 0.360. The number of allylic oxidation sites excluding steroid dienone is 1. The number of rotatable bonds is 6. The molecular formula is C25H29N5O3S. The molecule has 0 bridgehead atoms. The lowest BCUT2D eigenvalue weighted by molar-refractivity contribution is -0.136. The number of hydrogen-bond acceptors (Lipinski definition) is 7. The number of aryl methyl sites for hydroxylation is 1. The van der Waals surface area contributed by atoms with Crippen LogP contribution in [0.4, 0.5) is 5.69 Å². The minimum Gasteiger partial charge on any atom is -0.466 e. The Labute approximate surface area is 202 Å². The molecule has 0 fully saturated rings. The van der Waals surface area contributed by atoms with Gasteiger partial charge in [0.2, 0.25) is 0 Å². The van der Waals surface area contributed by atoms with Crippen molar-refractivity contribution in [1.82, 2.24) is 14.3 Å². The summed E-state index contributed by atoms with van der Waals surface area (Å²) in [6, 6.07) is 7.39. The molecule has 0 radical (unpaired) electrons. The average molecular weight is 480 g/mol. The minimum atomic E-state index is -0.619. The highest BCUT2D eigenvalue weighted by molar-refractivity contribution is 7.07. The van der Waals surface area contributed by atoms with Crippen LogP contribution in [0.2, 0.25) is 0 Å². The Morgan fingerprint density at radius 1 is 1.21 bits per heavy atom. The lowest BCUT2D eigenvalue weighted by Crippen LogP contribution is -2.39. The lowest BCUT2D eigenvalue weighted by atomic mass is 9.95. The number of benzene rings is 1. The fourth-order valence-electron chi connectivity index (χ4n) is 4.26. The highest BCUT2D eigenvalue weighted by Crippen LogP contribution is 2.31. The normalized spacial score (nSPS) is 15.8. The largest absolute Gasteiger partial charge is 0.466 e. The average Bonchev–Trinajstić information content (AvgIpc) is 3.32. The predicted molar refractivity (Wildman–Crippen MR) is 134 cm³/mol. The number of methoxy groups -OCH3 is 1. The molecule has 178 valence electrons. The number of fused-ring (bicyclic) bond motifs is 1. The molecule has 0 saturated heterocycles. The monoisotopic (exact) mass is 479 g/mol. The summed E-state index contributed by atoms with van der Waals surface area (Å²) >= 11 is 1.31. The Kier molecular flexibility index (Phi) is 6.56. The van der Waals surface area contributed by atoms with Gasteiger partial charge in [0.25, 0.3) is 5.56 Å². The standard InChI is InChI=1S/C25H29N5O3S/c1-7-29(8-2)19-11-9-17(10-12-19)22-21(24(32)33-6)15(3)27-25-30(22)23(31)20(34-25)13-18-14-26-28(5)16(18)4/h9-14,22H,7-8H2,1-6H3. The summed E-state index contributed by atoms with van der Waals surface area (Å²) in [5.41, 5.74) is 4.48. The number of thiazole rings is 1. The van der Waals surface area contributed by atoms with E-state index in [0.717, 1.165) is 35.6 Å². The molecule has 1 aliphatic rings. The topological polar surface area (TPSA) is 81.7 Å². The molecule has 8 nitrogen and oxygen atoms in total. The molecule has 0 saturated carbocycles. The van der Waals surface area contributed by atoms with E-state index >= 15 is 0 Å². The Bertz CT molecular complexity index is 1440. The van der Waals surface area contributed by atoms with Gasteiger partial charge >= 0.3 is 5.97 Å². The van der Waals surface area contributed by atoms with Crippen LogP contribution in [-0.4, -0.2) is 40.5 Å². The van der Waals surface area contributed by atoms with Crippen LogP contribution in [0.3, 0.4) is 0 Å². The third-order valence-corrected chi connectivity index (χ3v) is 7.31. The van der Waals surface area contributed by atoms with Crippen LogP contribution in [0.5, 0.6) is 0 Å². The zero-order valence-corrected chi connectivity index (χ0v) is 21.1. The van der Waals surface area contributed by atoms with E-state index in [9.17, 15) is 9.59 Å². The fourth-order valence-corrected chi connectivity index (χ4v) is 5.30. The van der Waals surface area contributed by atoms with Crippen LogP contribution < -0.4 is 19.8 Å². The minimum absolute atomic E-state index is 0.196. The van der Waals surface area contributed by atoms with Gasteiger partial charge < -0.3 is 9.64 Å². The van der Waals surface area contributed by atoms with E-state index in [1.165, 1.54) is 18.4 Å². The van der Waals surface area contributed by atoms with Crippen molar-refractivity contribution in [3.05, 3.63) is 78.2 Å². The van der Waals surface area contributed by atoms with Gasteiger partial charge in [0, 0.05) is 37.1 Å². The third-order valence-electron chi connectivity index (χ3n) is 6.32. The summed E-state index contributed by atoms with van der Waals surface area (Å²) in [6.07, 6.45) is 3.58.